The number of aryl methyl sites for hydroxylation is 1. The molecule has 0 bridgehead atoms. The highest BCUT2D eigenvalue weighted by molar-refractivity contribution is 6.37. The molecule has 22 heavy (non-hydrogen) atoms. The van der Waals surface area contributed by atoms with Gasteiger partial charge < -0.3 is 5.11 Å². The fraction of sp³-hybridized carbons (Fsp3) is 0.0625. The second-order valence-electron chi connectivity index (χ2n) is 4.80. The smallest absolute Gasteiger partial charge is 0.204 e. The van der Waals surface area contributed by atoms with Gasteiger partial charge in [-0.15, -0.1) is 0 Å². The Morgan fingerprint density at radius 2 is 1.82 bits per heavy atom. The number of aromatic hydroxyl groups is 1. The Bertz CT molecular complexity index is 834. The predicted octanol–water partition coefficient (Wildman–Crippen LogP) is 4.28. The molecule has 1 aromatic heterocycles. The van der Waals surface area contributed by atoms with Crippen molar-refractivity contribution in [3.63, 3.8) is 0 Å². The number of pyridine rings is 1. The molecule has 6 heteroatoms. The van der Waals surface area contributed by atoms with E-state index in [1.54, 1.807) is 6.08 Å². The van der Waals surface area contributed by atoms with Crippen LogP contribution in [0.15, 0.2) is 41.4 Å². The van der Waals surface area contributed by atoms with E-state index in [0.29, 0.717) is 22.7 Å². The number of carbonyl (C=O) groups is 1. The van der Waals surface area contributed by atoms with E-state index in [1.165, 1.54) is 18.2 Å². The van der Waals surface area contributed by atoms with Gasteiger partial charge in [-0.2, -0.15) is 0 Å². The van der Waals surface area contributed by atoms with Crippen LogP contribution >= 0.6 is 23.2 Å². The summed E-state index contributed by atoms with van der Waals surface area (Å²) >= 11 is 11.8. The number of rotatable bonds is 1. The van der Waals surface area contributed by atoms with Crippen molar-refractivity contribution >= 4 is 40.4 Å². The summed E-state index contributed by atoms with van der Waals surface area (Å²) in [5.41, 5.74) is 2.85. The molecule has 1 heterocycles. The topological polar surface area (TPSA) is 62.5 Å². The van der Waals surface area contributed by atoms with Crippen LogP contribution in [0.4, 0.5) is 5.69 Å². The van der Waals surface area contributed by atoms with Gasteiger partial charge in [0.15, 0.2) is 5.75 Å². The van der Waals surface area contributed by atoms with Crippen molar-refractivity contribution in [3.05, 3.63) is 63.4 Å². The first kappa shape index (κ1) is 14.8. The van der Waals surface area contributed by atoms with E-state index in [2.05, 4.69) is 9.98 Å². The van der Waals surface area contributed by atoms with Crippen LogP contribution in [0.25, 0.3) is 0 Å². The lowest BCUT2D eigenvalue weighted by Gasteiger charge is -2.12. The SMILES string of the molecule is Cc1ccc2c(n1)C(=O)C=CC2=Nc1cc(Cl)c(O)c(Cl)c1. The summed E-state index contributed by atoms with van der Waals surface area (Å²) in [4.78, 5) is 20.6. The van der Waals surface area contributed by atoms with Crippen LogP contribution in [0.5, 0.6) is 5.75 Å². The fourth-order valence-corrected chi connectivity index (χ4v) is 2.60. The maximum Gasteiger partial charge on any atom is 0.204 e. The summed E-state index contributed by atoms with van der Waals surface area (Å²) in [6.07, 6.45) is 3.05. The van der Waals surface area contributed by atoms with Crippen molar-refractivity contribution < 1.29 is 9.90 Å². The van der Waals surface area contributed by atoms with E-state index < -0.39 is 0 Å². The van der Waals surface area contributed by atoms with E-state index >= 15 is 0 Å². The summed E-state index contributed by atoms with van der Waals surface area (Å²) in [6, 6.07) is 6.63. The Hall–Kier alpha value is -2.17. The van der Waals surface area contributed by atoms with Crippen molar-refractivity contribution in [3.8, 4) is 5.75 Å². The lowest BCUT2D eigenvalue weighted by molar-refractivity contribution is 0.104. The summed E-state index contributed by atoms with van der Waals surface area (Å²) in [6.45, 7) is 1.82. The number of hydrogen-bond donors (Lipinski definition) is 1. The third-order valence-corrected chi connectivity index (χ3v) is 3.76. The minimum Gasteiger partial charge on any atom is -0.505 e. The number of aliphatic imine (C=N–C) groups is 1. The molecule has 0 fully saturated rings. The molecule has 0 amide bonds. The number of fused-ring (bicyclic) bond motifs is 1. The van der Waals surface area contributed by atoms with E-state index in [0.717, 1.165) is 5.69 Å². The number of carbonyl (C=O) groups excluding carboxylic acids is 1. The molecular weight excluding hydrogens is 323 g/mol. The van der Waals surface area contributed by atoms with Crippen LogP contribution < -0.4 is 0 Å². The average molecular weight is 333 g/mol. The third-order valence-electron chi connectivity index (χ3n) is 3.19. The molecule has 4 nitrogen and oxygen atoms in total. The van der Waals surface area contributed by atoms with Gasteiger partial charge in [0, 0.05) is 11.3 Å². The van der Waals surface area contributed by atoms with Gasteiger partial charge in [-0.25, -0.2) is 9.98 Å². The number of aromatic nitrogens is 1. The van der Waals surface area contributed by atoms with E-state index in [9.17, 15) is 9.90 Å². The zero-order valence-electron chi connectivity index (χ0n) is 11.5. The maximum atomic E-state index is 11.9. The molecule has 110 valence electrons. The number of hydrogen-bond acceptors (Lipinski definition) is 4. The number of phenolic OH excluding ortho intramolecular Hbond substituents is 1. The summed E-state index contributed by atoms with van der Waals surface area (Å²) < 4.78 is 0. The Kier molecular flexibility index (Phi) is 3.72. The molecule has 1 aliphatic carbocycles. The second kappa shape index (κ2) is 5.55. The van der Waals surface area contributed by atoms with Gasteiger partial charge in [0.05, 0.1) is 21.4 Å². The predicted molar refractivity (Wildman–Crippen MR) is 86.8 cm³/mol. The van der Waals surface area contributed by atoms with Crippen molar-refractivity contribution in [2.75, 3.05) is 0 Å². The van der Waals surface area contributed by atoms with Gasteiger partial charge >= 0.3 is 0 Å². The highest BCUT2D eigenvalue weighted by Crippen LogP contribution is 2.36. The number of ketones is 1. The van der Waals surface area contributed by atoms with Crippen molar-refractivity contribution in [1.82, 2.24) is 4.98 Å². The van der Waals surface area contributed by atoms with E-state index in [-0.39, 0.29) is 21.6 Å². The van der Waals surface area contributed by atoms with Gasteiger partial charge in [-0.05, 0) is 43.3 Å². The fourth-order valence-electron chi connectivity index (χ4n) is 2.13. The van der Waals surface area contributed by atoms with E-state index in [4.69, 9.17) is 23.2 Å². The maximum absolute atomic E-state index is 11.9. The first-order valence-corrected chi connectivity index (χ1v) is 7.18. The molecule has 2 aromatic rings. The monoisotopic (exact) mass is 332 g/mol. The first-order valence-electron chi connectivity index (χ1n) is 6.43. The van der Waals surface area contributed by atoms with Crippen LogP contribution in [-0.2, 0) is 0 Å². The Balaban J connectivity index is 2.13. The van der Waals surface area contributed by atoms with E-state index in [1.807, 2.05) is 19.1 Å². The Labute approximate surface area is 136 Å². The zero-order valence-corrected chi connectivity index (χ0v) is 13.0. The second-order valence-corrected chi connectivity index (χ2v) is 5.62. The van der Waals surface area contributed by atoms with Crippen LogP contribution in [0.1, 0.15) is 21.7 Å². The molecule has 3 rings (SSSR count). The first-order chi connectivity index (χ1) is 10.5. The van der Waals surface area contributed by atoms with Gasteiger partial charge in [-0.1, -0.05) is 23.2 Å². The molecule has 0 saturated carbocycles. The lowest BCUT2D eigenvalue weighted by atomic mass is 9.98. The zero-order chi connectivity index (χ0) is 15.9. The van der Waals surface area contributed by atoms with Crippen LogP contribution in [0, 0.1) is 6.92 Å². The quantitative estimate of drug-likeness (QED) is 0.847. The minimum atomic E-state index is -0.181. The molecule has 1 aliphatic rings. The van der Waals surface area contributed by atoms with Crippen LogP contribution in [0.3, 0.4) is 0 Å². The van der Waals surface area contributed by atoms with Gasteiger partial charge in [0.1, 0.15) is 5.69 Å². The third kappa shape index (κ3) is 2.63. The van der Waals surface area contributed by atoms with Gasteiger partial charge in [0.2, 0.25) is 5.78 Å². The van der Waals surface area contributed by atoms with Crippen LogP contribution in [0.2, 0.25) is 10.0 Å². The minimum absolute atomic E-state index is 0.116. The molecule has 0 atom stereocenters. The molecule has 0 aliphatic heterocycles. The van der Waals surface area contributed by atoms with Crippen LogP contribution in [-0.4, -0.2) is 21.6 Å². The highest BCUT2D eigenvalue weighted by Gasteiger charge is 2.19. The normalized spacial score (nSPS) is 15.2. The number of benzene rings is 1. The molecular formula is C16H10Cl2N2O2. The molecule has 0 unspecified atom stereocenters. The molecule has 1 N–H and O–H groups in total. The number of allylic oxidation sites excluding steroid dienone is 2. The summed E-state index contributed by atoms with van der Waals surface area (Å²) in [5.74, 6) is -0.334. The van der Waals surface area contributed by atoms with Gasteiger partial charge in [-0.3, -0.25) is 4.79 Å². The summed E-state index contributed by atoms with van der Waals surface area (Å²) in [5, 5.41) is 9.81. The van der Waals surface area contributed by atoms with Crippen molar-refractivity contribution in [2.24, 2.45) is 4.99 Å². The number of nitrogens with zero attached hydrogens (tertiary/aromatic N) is 2. The average Bonchev–Trinajstić information content (AvgIpc) is 2.48. The molecule has 0 spiro atoms. The Morgan fingerprint density at radius 3 is 2.50 bits per heavy atom. The van der Waals surface area contributed by atoms with Crippen molar-refractivity contribution in [2.45, 2.75) is 6.92 Å². The molecule has 0 radical (unpaired) electrons. The lowest BCUT2D eigenvalue weighted by Crippen LogP contribution is -2.14. The molecule has 0 saturated heterocycles. The number of phenols is 1. The van der Waals surface area contributed by atoms with Crippen molar-refractivity contribution in [1.29, 1.82) is 0 Å². The molecule has 1 aromatic carbocycles. The van der Waals surface area contributed by atoms with Gasteiger partial charge in [0.25, 0.3) is 0 Å². The highest BCUT2D eigenvalue weighted by atomic mass is 35.5. The standard InChI is InChI=1S/C16H10Cl2N2O2/c1-8-2-3-10-13(4-5-14(21)15(10)19-8)20-9-6-11(17)16(22)12(18)7-9/h2-7,22H,1H3. The number of halogens is 2. The Morgan fingerprint density at radius 1 is 1.14 bits per heavy atom. The summed E-state index contributed by atoms with van der Waals surface area (Å²) in [7, 11) is 0. The largest absolute Gasteiger partial charge is 0.505 e.